The van der Waals surface area contributed by atoms with Crippen LogP contribution in [0.15, 0.2) is 24.3 Å². The Hall–Kier alpha value is -2.35. The van der Waals surface area contributed by atoms with Crippen LogP contribution in [0.3, 0.4) is 0 Å². The van der Waals surface area contributed by atoms with Crippen molar-refractivity contribution < 1.29 is 9.59 Å². The largest absolute Gasteiger partial charge is 0.336 e. The van der Waals surface area contributed by atoms with Crippen LogP contribution in [0.25, 0.3) is 0 Å². The number of carbonyl (C=O) groups excluding carboxylic acids is 2. The topological polar surface area (TPSA) is 82.0 Å². The smallest absolute Gasteiger partial charge is 0.252 e. The maximum atomic E-state index is 12.1. The van der Waals surface area contributed by atoms with Crippen molar-refractivity contribution >= 4 is 17.5 Å². The van der Waals surface area contributed by atoms with E-state index in [-0.39, 0.29) is 11.8 Å². The van der Waals surface area contributed by atoms with Crippen LogP contribution in [-0.2, 0) is 4.79 Å². The van der Waals surface area contributed by atoms with Crippen LogP contribution in [0, 0.1) is 17.2 Å². The second kappa shape index (κ2) is 7.29. The minimum atomic E-state index is -0.507. The molecular weight excluding hydrogens is 254 g/mol. The predicted molar refractivity (Wildman–Crippen MR) is 77.1 cm³/mol. The third-order valence-corrected chi connectivity index (χ3v) is 2.61. The van der Waals surface area contributed by atoms with E-state index in [2.05, 4.69) is 16.7 Å². The number of nitrogens with zero attached hydrogens (tertiary/aromatic N) is 1. The number of nitriles is 1. The fourth-order valence-corrected chi connectivity index (χ4v) is 1.80. The number of carbonyl (C=O) groups is 2. The van der Waals surface area contributed by atoms with Crippen molar-refractivity contribution in [3.8, 4) is 6.07 Å². The molecule has 0 bridgehead atoms. The lowest BCUT2D eigenvalue weighted by atomic mass is 10.0. The average Bonchev–Trinajstić information content (AvgIpc) is 2.36. The summed E-state index contributed by atoms with van der Waals surface area (Å²) >= 11 is 0. The molecule has 0 aromatic heterocycles. The van der Waals surface area contributed by atoms with Gasteiger partial charge in [0, 0.05) is 18.2 Å². The van der Waals surface area contributed by atoms with Crippen LogP contribution in [-0.4, -0.2) is 17.9 Å². The lowest BCUT2D eigenvalue weighted by Crippen LogP contribution is -2.34. The number of hydrogen-bond donors (Lipinski definition) is 2. The van der Waals surface area contributed by atoms with Gasteiger partial charge in [0.2, 0.25) is 5.91 Å². The molecular formula is C15H19N3O2. The summed E-state index contributed by atoms with van der Waals surface area (Å²) in [5.74, 6) is -0.188. The fraction of sp³-hybridized carbons (Fsp3) is 0.400. The lowest BCUT2D eigenvalue weighted by molar-refractivity contribution is -0.114. The highest BCUT2D eigenvalue weighted by Crippen LogP contribution is 2.11. The highest BCUT2D eigenvalue weighted by atomic mass is 16.2. The number of amides is 2. The molecule has 0 saturated heterocycles. The minimum absolute atomic E-state index is 0.197. The standard InChI is InChI=1S/C15H19N3O2/c1-10(2)7-14(9-16)18-15(20)12-5-4-6-13(8-12)17-11(3)19/h4-6,8,10,14H,7H2,1-3H3,(H,17,19)(H,18,20). The van der Waals surface area contributed by atoms with Gasteiger partial charge in [0.15, 0.2) is 0 Å². The van der Waals surface area contributed by atoms with Gasteiger partial charge in [-0.1, -0.05) is 19.9 Å². The van der Waals surface area contributed by atoms with Gasteiger partial charge in [0.25, 0.3) is 5.91 Å². The molecule has 0 aliphatic rings. The zero-order valence-corrected chi connectivity index (χ0v) is 11.9. The molecule has 0 heterocycles. The Morgan fingerprint density at radius 3 is 2.60 bits per heavy atom. The number of hydrogen-bond acceptors (Lipinski definition) is 3. The van der Waals surface area contributed by atoms with Crippen molar-refractivity contribution in [3.05, 3.63) is 29.8 Å². The van der Waals surface area contributed by atoms with Gasteiger partial charge in [-0.2, -0.15) is 5.26 Å². The van der Waals surface area contributed by atoms with E-state index in [0.717, 1.165) is 0 Å². The summed E-state index contributed by atoms with van der Waals surface area (Å²) in [6, 6.07) is 8.19. The normalized spacial score (nSPS) is 11.6. The molecule has 0 aliphatic carbocycles. The first-order valence-corrected chi connectivity index (χ1v) is 6.50. The molecule has 2 amide bonds. The SMILES string of the molecule is CC(=O)Nc1cccc(C(=O)NC(C#N)CC(C)C)c1. The lowest BCUT2D eigenvalue weighted by Gasteiger charge is -2.14. The highest BCUT2D eigenvalue weighted by Gasteiger charge is 2.14. The molecule has 0 spiro atoms. The Morgan fingerprint density at radius 1 is 1.35 bits per heavy atom. The van der Waals surface area contributed by atoms with Crippen molar-refractivity contribution in [1.82, 2.24) is 5.32 Å². The van der Waals surface area contributed by atoms with Gasteiger partial charge in [0.05, 0.1) is 6.07 Å². The molecule has 0 fully saturated rings. The van der Waals surface area contributed by atoms with Gasteiger partial charge in [-0.15, -0.1) is 0 Å². The van der Waals surface area contributed by atoms with Crippen LogP contribution in [0.4, 0.5) is 5.69 Å². The summed E-state index contributed by atoms with van der Waals surface area (Å²) in [4.78, 5) is 23.0. The summed E-state index contributed by atoms with van der Waals surface area (Å²) in [5, 5.41) is 14.3. The molecule has 0 radical (unpaired) electrons. The van der Waals surface area contributed by atoms with E-state index in [1.807, 2.05) is 13.8 Å². The fourth-order valence-electron chi connectivity index (χ4n) is 1.80. The van der Waals surface area contributed by atoms with Crippen LogP contribution in [0.5, 0.6) is 0 Å². The Labute approximate surface area is 119 Å². The molecule has 1 aromatic carbocycles. The molecule has 5 nitrogen and oxygen atoms in total. The van der Waals surface area contributed by atoms with Crippen LogP contribution >= 0.6 is 0 Å². The molecule has 0 saturated carbocycles. The Bertz CT molecular complexity index is 532. The molecule has 1 unspecified atom stereocenters. The molecule has 5 heteroatoms. The van der Waals surface area contributed by atoms with Crippen LogP contribution in [0.1, 0.15) is 37.6 Å². The maximum Gasteiger partial charge on any atom is 0.252 e. The summed E-state index contributed by atoms with van der Waals surface area (Å²) in [5.41, 5.74) is 0.975. The molecule has 1 aromatic rings. The zero-order valence-electron chi connectivity index (χ0n) is 11.9. The summed E-state index contributed by atoms with van der Waals surface area (Å²) in [6.07, 6.45) is 0.605. The number of anilines is 1. The first-order valence-electron chi connectivity index (χ1n) is 6.50. The first-order chi connectivity index (χ1) is 9.42. The van der Waals surface area contributed by atoms with Crippen LogP contribution < -0.4 is 10.6 Å². The van der Waals surface area contributed by atoms with E-state index in [4.69, 9.17) is 5.26 Å². The quantitative estimate of drug-likeness (QED) is 0.863. The molecule has 1 rings (SSSR count). The van der Waals surface area contributed by atoms with Gasteiger partial charge < -0.3 is 10.6 Å². The van der Waals surface area contributed by atoms with Gasteiger partial charge in [-0.3, -0.25) is 9.59 Å². The van der Waals surface area contributed by atoms with Gasteiger partial charge in [-0.05, 0) is 30.5 Å². The highest BCUT2D eigenvalue weighted by molar-refractivity contribution is 5.97. The summed E-state index contributed by atoms with van der Waals surface area (Å²) < 4.78 is 0. The Balaban J connectivity index is 2.76. The van der Waals surface area contributed by atoms with E-state index >= 15 is 0 Å². The molecule has 2 N–H and O–H groups in total. The van der Waals surface area contributed by atoms with E-state index in [1.54, 1.807) is 24.3 Å². The van der Waals surface area contributed by atoms with E-state index < -0.39 is 6.04 Å². The number of benzene rings is 1. The van der Waals surface area contributed by atoms with Crippen molar-refractivity contribution in [2.24, 2.45) is 5.92 Å². The Morgan fingerprint density at radius 2 is 2.05 bits per heavy atom. The first kappa shape index (κ1) is 15.7. The second-order valence-electron chi connectivity index (χ2n) is 5.05. The van der Waals surface area contributed by atoms with E-state index in [1.165, 1.54) is 6.92 Å². The molecule has 106 valence electrons. The zero-order chi connectivity index (χ0) is 15.1. The average molecular weight is 273 g/mol. The molecule has 1 atom stereocenters. The van der Waals surface area contributed by atoms with Crippen molar-refractivity contribution in [2.45, 2.75) is 33.2 Å². The van der Waals surface area contributed by atoms with Crippen molar-refractivity contribution in [1.29, 1.82) is 5.26 Å². The Kier molecular flexibility index (Phi) is 5.73. The van der Waals surface area contributed by atoms with Gasteiger partial charge in [0.1, 0.15) is 6.04 Å². The van der Waals surface area contributed by atoms with Gasteiger partial charge in [-0.25, -0.2) is 0 Å². The summed E-state index contributed by atoms with van der Waals surface area (Å²) in [7, 11) is 0. The molecule has 20 heavy (non-hydrogen) atoms. The van der Waals surface area contributed by atoms with Gasteiger partial charge >= 0.3 is 0 Å². The number of nitrogens with one attached hydrogen (secondary N) is 2. The predicted octanol–water partition coefficient (Wildman–Crippen LogP) is 2.31. The monoisotopic (exact) mass is 273 g/mol. The molecule has 0 aliphatic heterocycles. The summed E-state index contributed by atoms with van der Waals surface area (Å²) in [6.45, 7) is 5.39. The number of rotatable bonds is 5. The third kappa shape index (κ3) is 5.11. The van der Waals surface area contributed by atoms with Crippen LogP contribution in [0.2, 0.25) is 0 Å². The van der Waals surface area contributed by atoms with E-state index in [9.17, 15) is 9.59 Å². The maximum absolute atomic E-state index is 12.1. The minimum Gasteiger partial charge on any atom is -0.336 e. The van der Waals surface area contributed by atoms with E-state index in [0.29, 0.717) is 23.6 Å². The van der Waals surface area contributed by atoms with Crippen molar-refractivity contribution in [3.63, 3.8) is 0 Å². The van der Waals surface area contributed by atoms with Crippen molar-refractivity contribution in [2.75, 3.05) is 5.32 Å². The second-order valence-corrected chi connectivity index (χ2v) is 5.05. The third-order valence-electron chi connectivity index (χ3n) is 2.61.